The van der Waals surface area contributed by atoms with Crippen LogP contribution in [0.5, 0.6) is 0 Å². The van der Waals surface area contributed by atoms with E-state index in [1.165, 1.54) is 22.3 Å². The van der Waals surface area contributed by atoms with Gasteiger partial charge in [0.15, 0.2) is 0 Å². The number of aryl methyl sites for hydroxylation is 4. The number of aromatic nitrogens is 2. The molecule has 0 unspecified atom stereocenters. The minimum absolute atomic E-state index is 0. The van der Waals surface area contributed by atoms with Crippen LogP contribution in [0.4, 0.5) is 0 Å². The van der Waals surface area contributed by atoms with Gasteiger partial charge in [0.25, 0.3) is 0 Å². The molecule has 0 saturated carbocycles. The van der Waals surface area contributed by atoms with Gasteiger partial charge >= 0.3 is 131 Å². The number of halogens is 2. The molecular formula is C16H24Br2N2Si. The van der Waals surface area contributed by atoms with E-state index in [9.17, 15) is 0 Å². The standard InChI is InChI=1S/C16H24BrN2Si.BrH/c1-6-20(17,18-9-7-13(2)15(4)11-18)19-10-8-14(3)16(5)12-19;/h7-12,20H,6H2,1-5H3;1H/q+1;/p-1. The van der Waals surface area contributed by atoms with Gasteiger partial charge in [-0.05, 0) is 0 Å². The maximum Gasteiger partial charge on any atom is -1.00 e. The Morgan fingerprint density at radius 1 is 0.857 bits per heavy atom. The molecule has 0 atom stereocenters. The molecule has 2 rings (SSSR count). The van der Waals surface area contributed by atoms with Gasteiger partial charge in [0.05, 0.1) is 0 Å². The van der Waals surface area contributed by atoms with Crippen molar-refractivity contribution in [2.75, 3.05) is 0 Å². The number of hydrogen-bond donors (Lipinski definition) is 0. The Morgan fingerprint density at radius 2 is 1.24 bits per heavy atom. The van der Waals surface area contributed by atoms with E-state index in [-0.39, 0.29) is 17.0 Å². The van der Waals surface area contributed by atoms with Gasteiger partial charge in [-0.3, -0.25) is 0 Å². The van der Waals surface area contributed by atoms with Crippen molar-refractivity contribution < 1.29 is 25.4 Å². The third-order valence-electron chi connectivity index (χ3n) is 4.36. The predicted octanol–water partition coefficient (Wildman–Crippen LogP) is -0.0183. The third kappa shape index (κ3) is 3.63. The molecule has 0 spiro atoms. The van der Waals surface area contributed by atoms with Crippen LogP contribution in [-0.4, -0.2) is 7.02 Å². The summed E-state index contributed by atoms with van der Waals surface area (Å²) in [4.78, 5) is 0. The molecule has 0 aliphatic heterocycles. The molecule has 0 aromatic carbocycles. The molecule has 0 fully saturated rings. The maximum atomic E-state index is 4.11. The Balaban J connectivity index is 0.00000220. The van der Waals surface area contributed by atoms with Crippen molar-refractivity contribution >= 4 is 22.3 Å². The Bertz CT molecular complexity index is 593. The van der Waals surface area contributed by atoms with Crippen molar-refractivity contribution in [2.24, 2.45) is 0 Å². The molecule has 21 heavy (non-hydrogen) atoms. The van der Waals surface area contributed by atoms with Crippen molar-refractivity contribution in [1.82, 2.24) is 0 Å². The molecule has 2 aromatic rings. The fourth-order valence-corrected chi connectivity index (χ4v) is 6.75. The van der Waals surface area contributed by atoms with Gasteiger partial charge in [-0.15, -0.1) is 0 Å². The first-order valence-electron chi connectivity index (χ1n) is 7.20. The second-order valence-corrected chi connectivity index (χ2v) is 13.8. The van der Waals surface area contributed by atoms with Gasteiger partial charge in [-0.25, -0.2) is 0 Å². The number of pyridine rings is 2. The van der Waals surface area contributed by atoms with Crippen LogP contribution in [0, 0.1) is 27.7 Å². The second-order valence-electron chi connectivity index (χ2n) is 5.75. The van der Waals surface area contributed by atoms with Crippen molar-refractivity contribution in [3.8, 4) is 0 Å². The van der Waals surface area contributed by atoms with Crippen molar-refractivity contribution in [3.63, 3.8) is 0 Å². The molecular weight excluding hydrogens is 408 g/mol. The van der Waals surface area contributed by atoms with Crippen LogP contribution in [0.3, 0.4) is 0 Å². The largest absolute Gasteiger partial charge is 1.00 e. The summed E-state index contributed by atoms with van der Waals surface area (Å²) < 4.78 is 4.81. The first-order chi connectivity index (χ1) is 9.38. The van der Waals surface area contributed by atoms with Crippen molar-refractivity contribution in [3.05, 3.63) is 59.2 Å². The number of nitrogens with zero attached hydrogens (tertiary/aromatic N) is 2. The fourth-order valence-electron chi connectivity index (χ4n) is 2.46. The molecule has 0 saturated heterocycles. The normalized spacial score (nSPS) is 11.9. The van der Waals surface area contributed by atoms with E-state index in [0.29, 0.717) is 0 Å². The minimum atomic E-state index is -2.27. The van der Waals surface area contributed by atoms with Crippen LogP contribution in [0.1, 0.15) is 29.2 Å². The topological polar surface area (TPSA) is 7.76 Å². The quantitative estimate of drug-likeness (QED) is 0.476. The van der Waals surface area contributed by atoms with E-state index >= 15 is 0 Å². The van der Waals surface area contributed by atoms with Crippen LogP contribution in [0.25, 0.3) is 0 Å². The molecule has 0 bridgehead atoms. The van der Waals surface area contributed by atoms with E-state index in [0.717, 1.165) is 6.04 Å². The average molecular weight is 432 g/mol. The van der Waals surface area contributed by atoms with E-state index in [1.807, 2.05) is 0 Å². The van der Waals surface area contributed by atoms with Gasteiger partial charge in [0.1, 0.15) is 0 Å². The summed E-state index contributed by atoms with van der Waals surface area (Å²) in [5, 5.41) is 0. The molecule has 2 nitrogen and oxygen atoms in total. The fraction of sp³-hybridized carbons (Fsp3) is 0.375. The van der Waals surface area contributed by atoms with Gasteiger partial charge in [0.2, 0.25) is 0 Å². The molecule has 0 N–H and O–H groups in total. The van der Waals surface area contributed by atoms with Crippen LogP contribution in [0.2, 0.25) is 6.04 Å². The Hall–Kier alpha value is -0.523. The van der Waals surface area contributed by atoms with Gasteiger partial charge in [-0.2, -0.15) is 0 Å². The molecule has 0 amide bonds. The minimum Gasteiger partial charge on any atom is -1.00 e. The molecule has 116 valence electrons. The summed E-state index contributed by atoms with van der Waals surface area (Å²) in [6, 6.07) is 5.54. The molecule has 0 aliphatic rings. The van der Waals surface area contributed by atoms with E-state index in [1.54, 1.807) is 0 Å². The molecule has 0 radical (unpaired) electrons. The SMILES string of the molecule is CC[SiH-](Br)([n+]1ccc(C)c(C)c1)[n+]1ccc(C)c(C)c1.[Br-]. The predicted molar refractivity (Wildman–Crippen MR) is 89.6 cm³/mol. The third-order valence-corrected chi connectivity index (χ3v) is 12.6. The Kier molecular flexibility index (Phi) is 6.32. The second kappa shape index (κ2) is 7.16. The van der Waals surface area contributed by atoms with Gasteiger partial charge in [0, 0.05) is 0 Å². The maximum absolute atomic E-state index is 4.11. The zero-order valence-electron chi connectivity index (χ0n) is 13.4. The van der Waals surface area contributed by atoms with Gasteiger partial charge in [-0.1, -0.05) is 0 Å². The van der Waals surface area contributed by atoms with Crippen molar-refractivity contribution in [2.45, 2.75) is 40.7 Å². The van der Waals surface area contributed by atoms with E-state index in [4.69, 9.17) is 0 Å². The summed E-state index contributed by atoms with van der Waals surface area (Å²) in [7, 11) is -2.27. The summed E-state index contributed by atoms with van der Waals surface area (Å²) in [6.07, 6.45) is 8.99. The molecule has 2 heterocycles. The monoisotopic (exact) mass is 430 g/mol. The summed E-state index contributed by atoms with van der Waals surface area (Å²) in [5.74, 6) is 0. The van der Waals surface area contributed by atoms with Crippen molar-refractivity contribution in [1.29, 1.82) is 0 Å². The van der Waals surface area contributed by atoms with Gasteiger partial charge < -0.3 is 17.0 Å². The number of rotatable bonds is 3. The smallest absolute Gasteiger partial charge is 1.00 e. The first kappa shape index (κ1) is 18.5. The average Bonchev–Trinajstić information content (AvgIpc) is 2.44. The van der Waals surface area contributed by atoms with Crippen LogP contribution < -0.4 is 25.4 Å². The number of hydrogen-bond acceptors (Lipinski definition) is 0. The van der Waals surface area contributed by atoms with E-state index in [2.05, 4.69) is 95.3 Å². The van der Waals surface area contributed by atoms with E-state index < -0.39 is 7.02 Å². The Morgan fingerprint density at radius 3 is 1.52 bits per heavy atom. The summed E-state index contributed by atoms with van der Waals surface area (Å²) in [5.41, 5.74) is 5.37. The zero-order chi connectivity index (χ0) is 14.9. The van der Waals surface area contributed by atoms with Crippen LogP contribution in [-0.2, 0) is 0 Å². The van der Waals surface area contributed by atoms with Crippen LogP contribution >= 0.6 is 15.3 Å². The Labute approximate surface area is 147 Å². The molecule has 5 heteroatoms. The van der Waals surface area contributed by atoms with Crippen LogP contribution in [0.15, 0.2) is 36.9 Å². The molecule has 0 aliphatic carbocycles. The molecule has 2 aromatic heterocycles. The summed E-state index contributed by atoms with van der Waals surface area (Å²) >= 11 is 4.11. The first-order valence-corrected chi connectivity index (χ1v) is 12.2. The summed E-state index contributed by atoms with van der Waals surface area (Å²) in [6.45, 7) is 11.0. The zero-order valence-corrected chi connectivity index (χ0v) is 17.7.